The van der Waals surface area contributed by atoms with Gasteiger partial charge in [0, 0.05) is 44.5 Å². The molecule has 3 rings (SSSR count). The molecule has 0 saturated carbocycles. The van der Waals surface area contributed by atoms with Crippen molar-refractivity contribution in [2.24, 2.45) is 7.05 Å². The molecule has 2 aromatic rings. The number of rotatable bonds is 1. The number of imidazole rings is 1. The van der Waals surface area contributed by atoms with E-state index in [2.05, 4.69) is 20.3 Å². The van der Waals surface area contributed by atoms with Gasteiger partial charge in [0.05, 0.1) is 5.69 Å². The number of hydrogen-bond donors (Lipinski definition) is 1. The van der Waals surface area contributed by atoms with Crippen LogP contribution in [-0.4, -0.2) is 26.1 Å². The molecule has 0 spiro atoms. The summed E-state index contributed by atoms with van der Waals surface area (Å²) in [6, 6.07) is 0. The van der Waals surface area contributed by atoms with E-state index < -0.39 is 11.9 Å². The van der Waals surface area contributed by atoms with Crippen molar-refractivity contribution in [2.75, 3.05) is 6.54 Å². The summed E-state index contributed by atoms with van der Waals surface area (Å²) >= 11 is 0. The van der Waals surface area contributed by atoms with Gasteiger partial charge in [0.25, 0.3) is 0 Å². The molecule has 2 aromatic heterocycles. The largest absolute Gasteiger partial charge is 0.433 e. The monoisotopic (exact) mass is 283 g/mol. The van der Waals surface area contributed by atoms with Gasteiger partial charge in [0.1, 0.15) is 0 Å². The van der Waals surface area contributed by atoms with Crippen LogP contribution in [0.4, 0.5) is 13.2 Å². The summed E-state index contributed by atoms with van der Waals surface area (Å²) in [4.78, 5) is 12.0. The number of aryl methyl sites for hydroxylation is 1. The number of nitrogens with one attached hydrogen (secondary N) is 1. The van der Waals surface area contributed by atoms with E-state index in [1.165, 1.54) is 6.20 Å². The maximum Gasteiger partial charge on any atom is 0.433 e. The van der Waals surface area contributed by atoms with E-state index in [0.717, 1.165) is 0 Å². The van der Waals surface area contributed by atoms with Crippen LogP contribution >= 0.6 is 0 Å². The maximum absolute atomic E-state index is 13.2. The Morgan fingerprint density at radius 2 is 2.10 bits per heavy atom. The lowest BCUT2D eigenvalue weighted by Crippen LogP contribution is -2.29. The predicted molar refractivity (Wildman–Crippen MR) is 64.6 cm³/mol. The molecule has 0 aliphatic carbocycles. The molecule has 0 fully saturated rings. The van der Waals surface area contributed by atoms with Crippen molar-refractivity contribution in [3.63, 3.8) is 0 Å². The Morgan fingerprint density at radius 3 is 2.75 bits per heavy atom. The van der Waals surface area contributed by atoms with E-state index in [1.807, 2.05) is 0 Å². The molecule has 3 heterocycles. The fourth-order valence-corrected chi connectivity index (χ4v) is 2.26. The zero-order chi connectivity index (χ0) is 14.3. The third-order valence-electron chi connectivity index (χ3n) is 3.22. The standard InChI is InChI=1S/C12H12F3N5/c1-20-5-4-17-11(20)10-18-8-2-3-16-6-7(8)9(19-10)12(13,14)15/h4-5,16H,2-3,6H2,1H3. The number of alkyl halides is 3. The summed E-state index contributed by atoms with van der Waals surface area (Å²) in [7, 11) is 1.69. The highest BCUT2D eigenvalue weighted by molar-refractivity contribution is 5.47. The highest BCUT2D eigenvalue weighted by Gasteiger charge is 2.38. The summed E-state index contributed by atoms with van der Waals surface area (Å²) in [5.74, 6) is 0.349. The molecule has 0 saturated heterocycles. The van der Waals surface area contributed by atoms with E-state index in [9.17, 15) is 13.2 Å². The van der Waals surface area contributed by atoms with Gasteiger partial charge in [-0.25, -0.2) is 15.0 Å². The Balaban J connectivity index is 2.21. The van der Waals surface area contributed by atoms with E-state index in [0.29, 0.717) is 24.5 Å². The van der Waals surface area contributed by atoms with Crippen LogP contribution in [0.15, 0.2) is 12.4 Å². The lowest BCUT2D eigenvalue weighted by atomic mass is 10.0. The second-order valence-electron chi connectivity index (χ2n) is 4.61. The summed E-state index contributed by atoms with van der Waals surface area (Å²) in [5, 5.41) is 2.92. The van der Waals surface area contributed by atoms with Crippen molar-refractivity contribution in [1.29, 1.82) is 0 Å². The molecule has 0 bridgehead atoms. The van der Waals surface area contributed by atoms with E-state index in [4.69, 9.17) is 0 Å². The summed E-state index contributed by atoms with van der Waals surface area (Å²) in [6.45, 7) is 0.756. The van der Waals surface area contributed by atoms with Gasteiger partial charge in [-0.2, -0.15) is 13.2 Å². The van der Waals surface area contributed by atoms with Gasteiger partial charge in [0.15, 0.2) is 17.3 Å². The molecule has 20 heavy (non-hydrogen) atoms. The molecule has 1 aliphatic heterocycles. The van der Waals surface area contributed by atoms with E-state index in [1.54, 1.807) is 17.8 Å². The molecule has 0 radical (unpaired) electrons. The topological polar surface area (TPSA) is 55.6 Å². The Morgan fingerprint density at radius 1 is 1.30 bits per heavy atom. The second-order valence-corrected chi connectivity index (χ2v) is 4.61. The lowest BCUT2D eigenvalue weighted by molar-refractivity contribution is -0.142. The van der Waals surface area contributed by atoms with Crippen LogP contribution in [0.1, 0.15) is 17.0 Å². The van der Waals surface area contributed by atoms with E-state index in [-0.39, 0.29) is 17.9 Å². The van der Waals surface area contributed by atoms with Crippen molar-refractivity contribution in [2.45, 2.75) is 19.1 Å². The molecule has 0 aromatic carbocycles. The van der Waals surface area contributed by atoms with Crippen LogP contribution in [-0.2, 0) is 26.2 Å². The van der Waals surface area contributed by atoms with Gasteiger partial charge in [-0.15, -0.1) is 0 Å². The third kappa shape index (κ3) is 2.15. The molecular weight excluding hydrogens is 271 g/mol. The minimum Gasteiger partial charge on any atom is -0.331 e. The Hall–Kier alpha value is -1.96. The van der Waals surface area contributed by atoms with Gasteiger partial charge in [-0.3, -0.25) is 0 Å². The van der Waals surface area contributed by atoms with Gasteiger partial charge in [-0.05, 0) is 0 Å². The molecule has 5 nitrogen and oxygen atoms in total. The maximum atomic E-state index is 13.2. The summed E-state index contributed by atoms with van der Waals surface area (Å²) in [5.41, 5.74) is -0.279. The highest BCUT2D eigenvalue weighted by Crippen LogP contribution is 2.33. The summed E-state index contributed by atoms with van der Waals surface area (Å²) in [6.07, 6.45) is -0.885. The van der Waals surface area contributed by atoms with Crippen molar-refractivity contribution < 1.29 is 13.2 Å². The third-order valence-corrected chi connectivity index (χ3v) is 3.22. The normalized spacial score (nSPS) is 15.2. The quantitative estimate of drug-likeness (QED) is 0.862. The first kappa shape index (κ1) is 13.0. The van der Waals surface area contributed by atoms with Crippen molar-refractivity contribution in [3.05, 3.63) is 29.3 Å². The minimum atomic E-state index is -4.49. The number of nitrogens with zero attached hydrogens (tertiary/aromatic N) is 4. The molecule has 1 N–H and O–H groups in total. The highest BCUT2D eigenvalue weighted by atomic mass is 19.4. The molecule has 0 amide bonds. The molecule has 8 heteroatoms. The Labute approximate surface area is 112 Å². The average molecular weight is 283 g/mol. The zero-order valence-corrected chi connectivity index (χ0v) is 10.7. The molecular formula is C12H12F3N5. The van der Waals surface area contributed by atoms with Crippen LogP contribution in [0.2, 0.25) is 0 Å². The van der Waals surface area contributed by atoms with E-state index >= 15 is 0 Å². The van der Waals surface area contributed by atoms with Crippen LogP contribution in [0.5, 0.6) is 0 Å². The van der Waals surface area contributed by atoms with Crippen molar-refractivity contribution in [3.8, 4) is 11.6 Å². The number of aromatic nitrogens is 4. The summed E-state index contributed by atoms with van der Waals surface area (Å²) < 4.78 is 41.1. The van der Waals surface area contributed by atoms with Crippen LogP contribution in [0, 0.1) is 0 Å². The van der Waals surface area contributed by atoms with Crippen LogP contribution in [0.3, 0.4) is 0 Å². The van der Waals surface area contributed by atoms with Crippen molar-refractivity contribution in [1.82, 2.24) is 24.8 Å². The van der Waals surface area contributed by atoms with Crippen LogP contribution in [0.25, 0.3) is 11.6 Å². The zero-order valence-electron chi connectivity index (χ0n) is 10.7. The molecule has 0 atom stereocenters. The number of halogens is 3. The first-order chi connectivity index (χ1) is 9.47. The first-order valence-corrected chi connectivity index (χ1v) is 6.12. The SMILES string of the molecule is Cn1ccnc1-c1nc2c(c(C(F)(F)F)n1)CNCC2. The molecule has 0 unspecified atom stereocenters. The number of hydrogen-bond acceptors (Lipinski definition) is 4. The molecule has 106 valence electrons. The number of fused-ring (bicyclic) bond motifs is 1. The fraction of sp³-hybridized carbons (Fsp3) is 0.417. The van der Waals surface area contributed by atoms with Gasteiger partial charge >= 0.3 is 6.18 Å². The van der Waals surface area contributed by atoms with Gasteiger partial charge < -0.3 is 9.88 Å². The predicted octanol–water partition coefficient (Wildman–Crippen LogP) is 1.54. The van der Waals surface area contributed by atoms with Gasteiger partial charge in [0.2, 0.25) is 0 Å². The first-order valence-electron chi connectivity index (χ1n) is 6.12. The Bertz CT molecular complexity index is 647. The average Bonchev–Trinajstić information content (AvgIpc) is 2.82. The van der Waals surface area contributed by atoms with Crippen molar-refractivity contribution >= 4 is 0 Å². The molecule has 1 aliphatic rings. The minimum absolute atomic E-state index is 0.0190. The Kier molecular flexibility index (Phi) is 2.97. The lowest BCUT2D eigenvalue weighted by Gasteiger charge is -2.21. The van der Waals surface area contributed by atoms with Gasteiger partial charge in [-0.1, -0.05) is 0 Å². The van der Waals surface area contributed by atoms with Crippen LogP contribution < -0.4 is 5.32 Å². The smallest absolute Gasteiger partial charge is 0.331 e. The fourth-order valence-electron chi connectivity index (χ4n) is 2.26. The second kappa shape index (κ2) is 4.55.